The van der Waals surface area contributed by atoms with Crippen LogP contribution in [0.1, 0.15) is 33.6 Å². The van der Waals surface area contributed by atoms with Gasteiger partial charge in [0, 0.05) is 22.6 Å². The minimum atomic E-state index is -0.904. The van der Waals surface area contributed by atoms with E-state index in [0.717, 1.165) is 23.5 Å². The number of benzene rings is 2. The first kappa shape index (κ1) is 20.7. The van der Waals surface area contributed by atoms with Crippen molar-refractivity contribution in [2.75, 3.05) is 11.5 Å². The molecule has 0 amide bonds. The van der Waals surface area contributed by atoms with Crippen molar-refractivity contribution in [3.63, 3.8) is 0 Å². The molecule has 2 rings (SSSR count). The molecule has 0 bridgehead atoms. The van der Waals surface area contributed by atoms with Crippen molar-refractivity contribution in [1.29, 1.82) is 0 Å². The van der Waals surface area contributed by atoms with Crippen molar-refractivity contribution in [2.45, 2.75) is 25.0 Å². The van der Waals surface area contributed by atoms with E-state index in [9.17, 15) is 19.8 Å². The van der Waals surface area contributed by atoms with Crippen molar-refractivity contribution in [1.82, 2.24) is 0 Å². The highest BCUT2D eigenvalue weighted by Crippen LogP contribution is 2.18. The van der Waals surface area contributed by atoms with Gasteiger partial charge in [0.2, 0.25) is 10.2 Å². The summed E-state index contributed by atoms with van der Waals surface area (Å²) in [5.41, 5.74) is 1.26. The number of carbonyl (C=O) groups excluding carboxylic acids is 2. The second kappa shape index (κ2) is 11.2. The molecule has 6 heteroatoms. The number of aliphatic hydroxyl groups excluding tert-OH is 2. The maximum Gasteiger partial charge on any atom is 0.219 e. The highest BCUT2D eigenvalue weighted by Gasteiger charge is 2.18. The van der Waals surface area contributed by atoms with E-state index in [1.54, 1.807) is 48.5 Å². The molecule has 26 heavy (non-hydrogen) atoms. The fraction of sp³-hybridized carbons (Fsp3) is 0.300. The molecular weight excluding hydrogens is 368 g/mol. The van der Waals surface area contributed by atoms with E-state index in [0.29, 0.717) is 35.5 Å². The zero-order chi connectivity index (χ0) is 18.8. The number of thioether (sulfide) groups is 2. The molecule has 2 N–H and O–H groups in total. The van der Waals surface area contributed by atoms with Crippen LogP contribution in [0.3, 0.4) is 0 Å². The summed E-state index contributed by atoms with van der Waals surface area (Å²) in [6.07, 6.45) is -1.17. The maximum absolute atomic E-state index is 12.0. The van der Waals surface area contributed by atoms with Crippen LogP contribution in [0.15, 0.2) is 60.7 Å². The first-order chi connectivity index (χ1) is 12.6. The van der Waals surface area contributed by atoms with E-state index in [-0.39, 0.29) is 10.2 Å². The Balaban J connectivity index is 1.63. The second-order valence-corrected chi connectivity index (χ2v) is 7.85. The predicted molar refractivity (Wildman–Crippen MR) is 108 cm³/mol. The van der Waals surface area contributed by atoms with Crippen molar-refractivity contribution in [2.24, 2.45) is 0 Å². The van der Waals surface area contributed by atoms with E-state index in [2.05, 4.69) is 0 Å². The standard InChI is InChI=1S/C20H22O4S2/c21-17(11-13-25-19(23)15-7-3-1-4-8-15)18(22)12-14-26-20(24)16-9-5-2-6-10-16/h1-10,17-18,21-22H,11-14H2. The summed E-state index contributed by atoms with van der Waals surface area (Å²) in [6, 6.07) is 17.9. The molecule has 0 aliphatic carbocycles. The van der Waals surface area contributed by atoms with Gasteiger partial charge in [0.15, 0.2) is 0 Å². The molecule has 0 saturated carbocycles. The van der Waals surface area contributed by atoms with Crippen LogP contribution in [0.5, 0.6) is 0 Å². The number of hydrogen-bond donors (Lipinski definition) is 2. The Hall–Kier alpha value is -1.60. The third-order valence-electron chi connectivity index (χ3n) is 3.76. The molecule has 2 aromatic rings. The quantitative estimate of drug-likeness (QED) is 0.681. The largest absolute Gasteiger partial charge is 0.390 e. The van der Waals surface area contributed by atoms with Crippen LogP contribution in [0.25, 0.3) is 0 Å². The average molecular weight is 391 g/mol. The fourth-order valence-electron chi connectivity index (χ4n) is 2.24. The maximum atomic E-state index is 12.0. The van der Waals surface area contributed by atoms with E-state index < -0.39 is 12.2 Å². The molecule has 138 valence electrons. The normalized spacial score (nSPS) is 13.2. The molecule has 0 aromatic heterocycles. The molecule has 0 fully saturated rings. The van der Waals surface area contributed by atoms with Gasteiger partial charge in [-0.25, -0.2) is 0 Å². The molecule has 0 aliphatic heterocycles. The summed E-state index contributed by atoms with van der Waals surface area (Å²) in [5.74, 6) is 0.865. The fourth-order valence-corrected chi connectivity index (χ4v) is 3.94. The number of aliphatic hydroxyl groups is 2. The highest BCUT2D eigenvalue weighted by atomic mass is 32.2. The van der Waals surface area contributed by atoms with Crippen LogP contribution < -0.4 is 0 Å². The minimum Gasteiger partial charge on any atom is -0.390 e. The van der Waals surface area contributed by atoms with Crippen LogP contribution in [-0.2, 0) is 0 Å². The van der Waals surface area contributed by atoms with Crippen LogP contribution in [0, 0.1) is 0 Å². The Labute approximate surface area is 162 Å². The van der Waals surface area contributed by atoms with Gasteiger partial charge in [-0.3, -0.25) is 9.59 Å². The summed E-state index contributed by atoms with van der Waals surface area (Å²) in [7, 11) is 0. The lowest BCUT2D eigenvalue weighted by molar-refractivity contribution is 0.0171. The van der Waals surface area contributed by atoms with Gasteiger partial charge in [-0.2, -0.15) is 0 Å². The Bertz CT molecular complexity index is 630. The topological polar surface area (TPSA) is 74.6 Å². The average Bonchev–Trinajstić information content (AvgIpc) is 2.68. The molecular formula is C20H22O4S2. The highest BCUT2D eigenvalue weighted by molar-refractivity contribution is 8.14. The summed E-state index contributed by atoms with van der Waals surface area (Å²) in [6.45, 7) is 0. The summed E-state index contributed by atoms with van der Waals surface area (Å²) in [4.78, 5) is 23.9. The van der Waals surface area contributed by atoms with Gasteiger partial charge in [0.25, 0.3) is 0 Å². The van der Waals surface area contributed by atoms with Crippen molar-refractivity contribution >= 4 is 33.8 Å². The smallest absolute Gasteiger partial charge is 0.219 e. The Morgan fingerprint density at radius 1 is 0.692 bits per heavy atom. The predicted octanol–water partition coefficient (Wildman–Crippen LogP) is 3.64. The van der Waals surface area contributed by atoms with Gasteiger partial charge in [0.1, 0.15) is 0 Å². The second-order valence-electron chi connectivity index (χ2n) is 5.72. The van der Waals surface area contributed by atoms with Crippen molar-refractivity contribution < 1.29 is 19.8 Å². The summed E-state index contributed by atoms with van der Waals surface area (Å²) in [5, 5.41) is 19.9. The Morgan fingerprint density at radius 3 is 1.38 bits per heavy atom. The van der Waals surface area contributed by atoms with E-state index in [4.69, 9.17) is 0 Å². The zero-order valence-corrected chi connectivity index (χ0v) is 15.9. The van der Waals surface area contributed by atoms with Gasteiger partial charge in [-0.05, 0) is 12.8 Å². The van der Waals surface area contributed by atoms with Crippen LogP contribution in [0.4, 0.5) is 0 Å². The lowest BCUT2D eigenvalue weighted by Gasteiger charge is -2.17. The zero-order valence-electron chi connectivity index (χ0n) is 14.3. The summed E-state index contributed by atoms with van der Waals surface area (Å²) >= 11 is 2.26. The Kier molecular flexibility index (Phi) is 8.91. The van der Waals surface area contributed by atoms with E-state index in [1.165, 1.54) is 0 Å². The van der Waals surface area contributed by atoms with Gasteiger partial charge in [0.05, 0.1) is 12.2 Å². The first-order valence-corrected chi connectivity index (χ1v) is 10.4. The number of hydrogen-bond acceptors (Lipinski definition) is 6. The molecule has 0 saturated heterocycles. The van der Waals surface area contributed by atoms with Gasteiger partial charge < -0.3 is 10.2 Å². The van der Waals surface area contributed by atoms with E-state index in [1.807, 2.05) is 12.1 Å². The lowest BCUT2D eigenvalue weighted by atomic mass is 10.1. The van der Waals surface area contributed by atoms with Gasteiger partial charge in [-0.15, -0.1) is 0 Å². The first-order valence-electron chi connectivity index (χ1n) is 8.38. The molecule has 2 atom stereocenters. The van der Waals surface area contributed by atoms with Crippen LogP contribution >= 0.6 is 23.5 Å². The molecule has 4 nitrogen and oxygen atoms in total. The minimum absolute atomic E-state index is 0.0451. The number of rotatable bonds is 9. The Morgan fingerprint density at radius 2 is 1.04 bits per heavy atom. The SMILES string of the molecule is O=C(SCCC(O)C(O)CCSC(=O)c1ccccc1)c1ccccc1. The van der Waals surface area contributed by atoms with Crippen LogP contribution in [0.2, 0.25) is 0 Å². The van der Waals surface area contributed by atoms with E-state index >= 15 is 0 Å². The third-order valence-corrected chi connectivity index (χ3v) is 5.63. The van der Waals surface area contributed by atoms with Gasteiger partial charge >= 0.3 is 0 Å². The van der Waals surface area contributed by atoms with Crippen molar-refractivity contribution in [3.05, 3.63) is 71.8 Å². The molecule has 0 spiro atoms. The molecule has 0 heterocycles. The molecule has 0 aliphatic rings. The van der Waals surface area contributed by atoms with Crippen LogP contribution in [-0.4, -0.2) is 44.2 Å². The number of carbonyl (C=O) groups is 2. The molecule has 0 radical (unpaired) electrons. The molecule has 2 unspecified atom stereocenters. The summed E-state index contributed by atoms with van der Waals surface area (Å²) < 4.78 is 0. The monoisotopic (exact) mass is 390 g/mol. The van der Waals surface area contributed by atoms with Crippen molar-refractivity contribution in [3.8, 4) is 0 Å². The molecule has 2 aromatic carbocycles. The third kappa shape index (κ3) is 6.96. The lowest BCUT2D eigenvalue weighted by Crippen LogP contribution is -2.27. The van der Waals surface area contributed by atoms with Gasteiger partial charge in [-0.1, -0.05) is 84.2 Å².